The van der Waals surface area contributed by atoms with Crippen molar-refractivity contribution in [3.05, 3.63) is 53.9 Å². The first-order chi connectivity index (χ1) is 11.1. The number of rotatable bonds is 6. The summed E-state index contributed by atoms with van der Waals surface area (Å²) in [6, 6.07) is 12.7. The maximum Gasteiger partial charge on any atom is 0.269 e. The lowest BCUT2D eigenvalue weighted by Gasteiger charge is -2.11. The van der Waals surface area contributed by atoms with Crippen LogP contribution >= 0.6 is 0 Å². The number of carbonyl (C=O) groups excluding carboxylic acids is 1. The van der Waals surface area contributed by atoms with E-state index in [0.717, 1.165) is 17.9 Å². The zero-order valence-electron chi connectivity index (χ0n) is 13.2. The Hall–Kier alpha value is -2.91. The average molecular weight is 309 g/mol. The molecule has 0 aliphatic heterocycles. The Morgan fingerprint density at radius 2 is 1.96 bits per heavy atom. The molecule has 2 rings (SSSR count). The molecule has 0 spiro atoms. The largest absolute Gasteiger partial charge is 0.355 e. The Morgan fingerprint density at radius 1 is 1.22 bits per heavy atom. The minimum atomic E-state index is -0.199. The van der Waals surface area contributed by atoms with Gasteiger partial charge in [-0.05, 0) is 50.5 Å². The van der Waals surface area contributed by atoms with Crippen LogP contribution in [0.15, 0.2) is 42.6 Å². The number of pyridine rings is 1. The number of anilines is 2. The Kier molecular flexibility index (Phi) is 5.67. The molecule has 0 aliphatic rings. The lowest BCUT2D eigenvalue weighted by Crippen LogP contribution is -2.31. The molecule has 0 atom stereocenters. The second-order valence-corrected chi connectivity index (χ2v) is 5.30. The van der Waals surface area contributed by atoms with Gasteiger partial charge in [0.1, 0.15) is 5.69 Å². The van der Waals surface area contributed by atoms with Gasteiger partial charge in [-0.2, -0.15) is 5.26 Å². The van der Waals surface area contributed by atoms with Crippen LogP contribution in [0.1, 0.15) is 16.1 Å². The Balaban J connectivity index is 2.01. The fraction of sp³-hybridized carbons (Fsp3) is 0.235. The van der Waals surface area contributed by atoms with Gasteiger partial charge in [0, 0.05) is 30.7 Å². The molecule has 0 saturated heterocycles. The van der Waals surface area contributed by atoms with Crippen molar-refractivity contribution in [2.45, 2.75) is 0 Å². The molecule has 1 amide bonds. The zero-order valence-corrected chi connectivity index (χ0v) is 13.2. The van der Waals surface area contributed by atoms with Gasteiger partial charge >= 0.3 is 0 Å². The number of likely N-dealkylation sites (N-methyl/N-ethyl adjacent to an activating group) is 1. The van der Waals surface area contributed by atoms with Gasteiger partial charge in [-0.1, -0.05) is 0 Å². The fourth-order valence-electron chi connectivity index (χ4n) is 1.91. The van der Waals surface area contributed by atoms with Crippen molar-refractivity contribution >= 4 is 17.3 Å². The van der Waals surface area contributed by atoms with Gasteiger partial charge in [0.05, 0.1) is 11.6 Å². The number of aromatic nitrogens is 1. The summed E-state index contributed by atoms with van der Waals surface area (Å²) in [6.45, 7) is 1.34. The van der Waals surface area contributed by atoms with Crippen molar-refractivity contribution in [3.8, 4) is 6.07 Å². The van der Waals surface area contributed by atoms with Crippen molar-refractivity contribution in [3.63, 3.8) is 0 Å². The van der Waals surface area contributed by atoms with Crippen molar-refractivity contribution in [1.82, 2.24) is 15.2 Å². The highest BCUT2D eigenvalue weighted by atomic mass is 16.1. The number of nitrogens with zero attached hydrogens (tertiary/aromatic N) is 3. The third kappa shape index (κ3) is 5.09. The molecule has 118 valence electrons. The second-order valence-electron chi connectivity index (χ2n) is 5.30. The van der Waals surface area contributed by atoms with Gasteiger partial charge < -0.3 is 15.5 Å². The summed E-state index contributed by atoms with van der Waals surface area (Å²) in [4.78, 5) is 18.2. The molecule has 0 unspecified atom stereocenters. The highest BCUT2D eigenvalue weighted by Crippen LogP contribution is 2.17. The van der Waals surface area contributed by atoms with Crippen LogP contribution in [-0.2, 0) is 0 Å². The highest BCUT2D eigenvalue weighted by Gasteiger charge is 2.07. The zero-order chi connectivity index (χ0) is 16.7. The molecule has 2 N–H and O–H groups in total. The summed E-state index contributed by atoms with van der Waals surface area (Å²) in [6.07, 6.45) is 1.59. The molecule has 23 heavy (non-hydrogen) atoms. The molecule has 6 heteroatoms. The van der Waals surface area contributed by atoms with E-state index >= 15 is 0 Å². The maximum absolute atomic E-state index is 12.1. The summed E-state index contributed by atoms with van der Waals surface area (Å²) >= 11 is 0. The number of amides is 1. The molecule has 6 nitrogen and oxygen atoms in total. The van der Waals surface area contributed by atoms with E-state index in [-0.39, 0.29) is 5.91 Å². The Labute approximate surface area is 135 Å². The SMILES string of the molecule is CN(C)CCNC(=O)c1cc(Nc2ccc(C#N)cc2)ccn1. The van der Waals surface area contributed by atoms with Gasteiger partial charge in [-0.15, -0.1) is 0 Å². The van der Waals surface area contributed by atoms with Crippen LogP contribution < -0.4 is 10.6 Å². The van der Waals surface area contributed by atoms with Gasteiger partial charge in [0.2, 0.25) is 0 Å². The molecule has 1 aromatic heterocycles. The molecule has 0 saturated carbocycles. The van der Waals surface area contributed by atoms with Crippen LogP contribution in [0.25, 0.3) is 0 Å². The molecule has 2 aromatic rings. The lowest BCUT2D eigenvalue weighted by atomic mass is 10.2. The lowest BCUT2D eigenvalue weighted by molar-refractivity contribution is 0.0946. The quantitative estimate of drug-likeness (QED) is 0.853. The Morgan fingerprint density at radius 3 is 2.61 bits per heavy atom. The first kappa shape index (κ1) is 16.5. The Bertz CT molecular complexity index is 704. The third-order valence-corrected chi connectivity index (χ3v) is 3.14. The molecule has 0 radical (unpaired) electrons. The normalized spacial score (nSPS) is 10.2. The summed E-state index contributed by atoms with van der Waals surface area (Å²) in [7, 11) is 3.90. The summed E-state index contributed by atoms with van der Waals surface area (Å²) in [5, 5.41) is 14.8. The highest BCUT2D eigenvalue weighted by molar-refractivity contribution is 5.93. The van der Waals surface area contributed by atoms with Crippen molar-refractivity contribution in [2.75, 3.05) is 32.5 Å². The molecule has 0 aliphatic carbocycles. The number of nitrogens with one attached hydrogen (secondary N) is 2. The van der Waals surface area contributed by atoms with E-state index in [0.29, 0.717) is 17.8 Å². The fourth-order valence-corrected chi connectivity index (χ4v) is 1.91. The van der Waals surface area contributed by atoms with Crippen molar-refractivity contribution in [2.24, 2.45) is 0 Å². The van der Waals surface area contributed by atoms with E-state index in [9.17, 15) is 4.79 Å². The molecular weight excluding hydrogens is 290 g/mol. The number of benzene rings is 1. The summed E-state index contributed by atoms with van der Waals surface area (Å²) in [5.74, 6) is -0.199. The van der Waals surface area contributed by atoms with E-state index in [2.05, 4.69) is 21.7 Å². The van der Waals surface area contributed by atoms with E-state index in [4.69, 9.17) is 5.26 Å². The van der Waals surface area contributed by atoms with Crippen molar-refractivity contribution in [1.29, 1.82) is 5.26 Å². The van der Waals surface area contributed by atoms with Crippen LogP contribution in [0.2, 0.25) is 0 Å². The molecule has 1 aromatic carbocycles. The number of nitriles is 1. The maximum atomic E-state index is 12.1. The van der Waals surface area contributed by atoms with E-state index in [1.807, 2.05) is 31.1 Å². The van der Waals surface area contributed by atoms with Crippen LogP contribution in [0, 0.1) is 11.3 Å². The molecule has 1 heterocycles. The molecular formula is C17H19N5O. The number of carbonyl (C=O) groups is 1. The van der Waals surface area contributed by atoms with Crippen molar-refractivity contribution < 1.29 is 4.79 Å². The van der Waals surface area contributed by atoms with Gasteiger partial charge in [-0.25, -0.2) is 0 Å². The first-order valence-corrected chi connectivity index (χ1v) is 7.24. The predicted molar refractivity (Wildman–Crippen MR) is 89.6 cm³/mol. The standard InChI is InChI=1S/C17H19N5O/c1-22(2)10-9-20-17(23)16-11-15(7-8-19-16)21-14-5-3-13(12-18)4-6-14/h3-8,11H,9-10H2,1-2H3,(H,19,21)(H,20,23). The van der Waals surface area contributed by atoms with Crippen LogP contribution in [0.4, 0.5) is 11.4 Å². The van der Waals surface area contributed by atoms with E-state index in [1.165, 1.54) is 0 Å². The number of hydrogen-bond acceptors (Lipinski definition) is 5. The third-order valence-electron chi connectivity index (χ3n) is 3.14. The van der Waals surface area contributed by atoms with Gasteiger partial charge in [0.25, 0.3) is 5.91 Å². The minimum Gasteiger partial charge on any atom is -0.355 e. The van der Waals surface area contributed by atoms with Gasteiger partial charge in [0.15, 0.2) is 0 Å². The topological polar surface area (TPSA) is 81.0 Å². The van der Waals surface area contributed by atoms with E-state index < -0.39 is 0 Å². The molecule has 0 fully saturated rings. The van der Waals surface area contributed by atoms with E-state index in [1.54, 1.807) is 30.5 Å². The predicted octanol–water partition coefficient (Wildman–Crippen LogP) is 1.99. The summed E-state index contributed by atoms with van der Waals surface area (Å²) < 4.78 is 0. The smallest absolute Gasteiger partial charge is 0.269 e. The minimum absolute atomic E-state index is 0.199. The van der Waals surface area contributed by atoms with Crippen LogP contribution in [-0.4, -0.2) is 43.0 Å². The average Bonchev–Trinajstić information content (AvgIpc) is 2.55. The monoisotopic (exact) mass is 309 g/mol. The molecule has 0 bridgehead atoms. The number of hydrogen-bond donors (Lipinski definition) is 2. The van der Waals surface area contributed by atoms with Gasteiger partial charge in [-0.3, -0.25) is 9.78 Å². The summed E-state index contributed by atoms with van der Waals surface area (Å²) in [5.41, 5.74) is 2.57. The first-order valence-electron chi connectivity index (χ1n) is 7.24. The van der Waals surface area contributed by atoms with Crippen LogP contribution in [0.5, 0.6) is 0 Å². The van der Waals surface area contributed by atoms with Crippen LogP contribution in [0.3, 0.4) is 0 Å². The second kappa shape index (κ2) is 7.92.